The maximum absolute atomic E-state index is 11.3. The van der Waals surface area contributed by atoms with Crippen molar-refractivity contribution in [3.8, 4) is 0 Å². The molecule has 0 saturated carbocycles. The Morgan fingerprint density at radius 2 is 1.71 bits per heavy atom. The summed E-state index contributed by atoms with van der Waals surface area (Å²) in [5.41, 5.74) is 0.396. The Morgan fingerprint density at radius 3 is 2.29 bits per heavy atom. The van der Waals surface area contributed by atoms with Gasteiger partial charge >= 0.3 is 0 Å². The normalized spacial score (nSPS) is 21.8. The van der Waals surface area contributed by atoms with Crippen LogP contribution in [0.15, 0.2) is 28.0 Å². The summed E-state index contributed by atoms with van der Waals surface area (Å²) in [6, 6.07) is 4.26. The number of fused-ring (bicyclic) bond motifs is 1. The van der Waals surface area contributed by atoms with Gasteiger partial charge in [-0.25, -0.2) is 16.8 Å². The lowest BCUT2D eigenvalue weighted by Gasteiger charge is -2.06. The number of nitrogens with zero attached hydrogens (tertiary/aromatic N) is 1. The van der Waals surface area contributed by atoms with Crippen molar-refractivity contribution >= 4 is 20.0 Å². The molecule has 0 spiro atoms. The van der Waals surface area contributed by atoms with Gasteiger partial charge in [0.15, 0.2) is 0 Å². The van der Waals surface area contributed by atoms with Crippen LogP contribution in [0.1, 0.15) is 5.56 Å². The zero-order valence-electron chi connectivity index (χ0n) is 7.13. The molecule has 7 heteroatoms. The Balaban J connectivity index is 3.01. The van der Waals surface area contributed by atoms with Crippen LogP contribution in [-0.2, 0) is 20.0 Å². The second-order valence-corrected chi connectivity index (χ2v) is 6.27. The highest BCUT2D eigenvalue weighted by atomic mass is 32.3. The van der Waals surface area contributed by atoms with Crippen molar-refractivity contribution in [3.05, 3.63) is 27.9 Å². The predicted molar refractivity (Wildman–Crippen MR) is 48.9 cm³/mol. The highest BCUT2D eigenvalue weighted by Gasteiger charge is 2.28. The molecule has 0 aromatic heterocycles. The monoisotopic (exact) mass is 232 g/mol. The van der Waals surface area contributed by atoms with E-state index in [1.807, 2.05) is 0 Å². The number of hydrogen-bond donors (Lipinski definition) is 0. The molecule has 1 heterocycles. The molecule has 0 amide bonds. The lowest BCUT2D eigenvalue weighted by molar-refractivity contribution is 0.602. The molecule has 1 aromatic rings. The summed E-state index contributed by atoms with van der Waals surface area (Å²) in [6.45, 7) is 1.53. The molecule has 1 aromatic carbocycles. The molecule has 14 heavy (non-hydrogen) atoms. The van der Waals surface area contributed by atoms with E-state index in [2.05, 4.69) is 4.13 Å². The molecule has 0 saturated heterocycles. The first-order valence-electron chi connectivity index (χ1n) is 3.68. The molecule has 0 N–H and O–H groups in total. The van der Waals surface area contributed by atoms with Crippen LogP contribution < -0.4 is 0 Å². The third kappa shape index (κ3) is 1.17. The first kappa shape index (κ1) is 9.63. The van der Waals surface area contributed by atoms with Crippen molar-refractivity contribution in [3.63, 3.8) is 0 Å². The minimum Gasteiger partial charge on any atom is -0.428 e. The molecule has 76 valence electrons. The Hall–Kier alpha value is -0.920. The van der Waals surface area contributed by atoms with Crippen LogP contribution in [0.4, 0.5) is 0 Å². The summed E-state index contributed by atoms with van der Waals surface area (Å²) in [7, 11) is -8.01. The maximum Gasteiger partial charge on any atom is 0.114 e. The summed E-state index contributed by atoms with van der Waals surface area (Å²) in [5, 5.41) is 0. The Bertz CT molecular complexity index is 601. The van der Waals surface area contributed by atoms with Crippen LogP contribution in [0.25, 0.3) is 4.13 Å². The molecule has 1 aliphatic heterocycles. The molecule has 0 radical (unpaired) electrons. The fourth-order valence-corrected chi connectivity index (χ4v) is 5.09. The average molecular weight is 232 g/mol. The van der Waals surface area contributed by atoms with E-state index >= 15 is 0 Å². The number of rotatable bonds is 0. The molecule has 2 rings (SSSR count). The van der Waals surface area contributed by atoms with Gasteiger partial charge in [-0.2, -0.15) is 0 Å². The summed E-state index contributed by atoms with van der Waals surface area (Å²) in [6.07, 6.45) is 0. The highest BCUT2D eigenvalue weighted by molar-refractivity contribution is 8.14. The van der Waals surface area contributed by atoms with Crippen LogP contribution in [0.5, 0.6) is 0 Å². The van der Waals surface area contributed by atoms with E-state index in [0.717, 1.165) is 0 Å². The van der Waals surface area contributed by atoms with Gasteiger partial charge in [0.05, 0.1) is 9.79 Å². The number of aryl methyl sites for hydroxylation is 1. The van der Waals surface area contributed by atoms with Gasteiger partial charge in [-0.15, -0.1) is 0 Å². The van der Waals surface area contributed by atoms with Crippen molar-refractivity contribution in [2.45, 2.75) is 16.7 Å². The van der Waals surface area contributed by atoms with E-state index in [0.29, 0.717) is 5.56 Å². The molecule has 0 fully saturated rings. The minimum absolute atomic E-state index is 0.194. The van der Waals surface area contributed by atoms with E-state index in [9.17, 15) is 16.8 Å². The van der Waals surface area contributed by atoms with Crippen LogP contribution >= 0.6 is 0 Å². The first-order valence-corrected chi connectivity index (χ1v) is 6.56. The third-order valence-corrected chi connectivity index (χ3v) is 5.56. The fraction of sp³-hybridized carbons (Fsp3) is 0.143. The zero-order valence-corrected chi connectivity index (χ0v) is 8.76. The standard InChI is InChI=1S/C7H6NO4S2/c1-5-3-2-4-6-7(5)14(11,12)8-13(6,9)10/h2-4H,1H3/q-1. The van der Waals surface area contributed by atoms with Crippen molar-refractivity contribution < 1.29 is 16.8 Å². The summed E-state index contributed by atoms with van der Waals surface area (Å²) in [5.74, 6) is 0. The molecule has 0 aliphatic carbocycles. The molecule has 0 atom stereocenters. The lowest BCUT2D eigenvalue weighted by Crippen LogP contribution is -1.94. The Kier molecular flexibility index (Phi) is 1.76. The van der Waals surface area contributed by atoms with Crippen molar-refractivity contribution in [1.82, 2.24) is 0 Å². The van der Waals surface area contributed by atoms with E-state index < -0.39 is 20.0 Å². The Morgan fingerprint density at radius 1 is 1.07 bits per heavy atom. The number of benzene rings is 1. The van der Waals surface area contributed by atoms with E-state index in [4.69, 9.17) is 0 Å². The van der Waals surface area contributed by atoms with Crippen LogP contribution in [0.2, 0.25) is 0 Å². The average Bonchev–Trinajstić information content (AvgIpc) is 2.18. The predicted octanol–water partition coefficient (Wildman–Crippen LogP) is 0.760. The minimum atomic E-state index is -4.01. The van der Waals surface area contributed by atoms with E-state index in [1.54, 1.807) is 0 Å². The molecular weight excluding hydrogens is 226 g/mol. The molecule has 5 nitrogen and oxygen atoms in total. The maximum atomic E-state index is 11.3. The van der Waals surface area contributed by atoms with Gasteiger partial charge in [0, 0.05) is 0 Å². The summed E-state index contributed by atoms with van der Waals surface area (Å²) in [4.78, 5) is -0.419. The topological polar surface area (TPSA) is 82.4 Å². The van der Waals surface area contributed by atoms with Crippen LogP contribution in [0, 0.1) is 6.92 Å². The number of sulfonamides is 2. The van der Waals surface area contributed by atoms with E-state index in [1.165, 1.54) is 25.1 Å². The largest absolute Gasteiger partial charge is 0.428 e. The molecule has 0 unspecified atom stereocenters. The smallest absolute Gasteiger partial charge is 0.114 e. The third-order valence-electron chi connectivity index (χ3n) is 1.91. The zero-order chi connectivity index (χ0) is 10.6. The number of hydrogen-bond acceptors (Lipinski definition) is 4. The van der Waals surface area contributed by atoms with Crippen LogP contribution in [-0.4, -0.2) is 16.8 Å². The molecule has 1 aliphatic rings. The molecular formula is C7H6NO4S2-. The van der Waals surface area contributed by atoms with Gasteiger partial charge in [0.25, 0.3) is 0 Å². The second-order valence-electron chi connectivity index (χ2n) is 2.93. The quantitative estimate of drug-likeness (QED) is 0.661. The van der Waals surface area contributed by atoms with Gasteiger partial charge in [-0.05, 0) is 18.6 Å². The van der Waals surface area contributed by atoms with Crippen molar-refractivity contribution in [1.29, 1.82) is 0 Å². The van der Waals surface area contributed by atoms with E-state index in [-0.39, 0.29) is 9.79 Å². The van der Waals surface area contributed by atoms with Gasteiger partial charge < -0.3 is 4.13 Å². The van der Waals surface area contributed by atoms with Crippen LogP contribution in [0.3, 0.4) is 0 Å². The highest BCUT2D eigenvalue weighted by Crippen LogP contribution is 2.39. The summed E-state index contributed by atoms with van der Waals surface area (Å²) < 4.78 is 48.1. The second kappa shape index (κ2) is 2.56. The molecule has 0 bridgehead atoms. The fourth-order valence-electron chi connectivity index (χ4n) is 1.37. The summed E-state index contributed by atoms with van der Waals surface area (Å²) >= 11 is 0. The van der Waals surface area contributed by atoms with Crippen molar-refractivity contribution in [2.75, 3.05) is 0 Å². The van der Waals surface area contributed by atoms with Crippen molar-refractivity contribution in [2.24, 2.45) is 0 Å². The Labute approximate surface area is 81.9 Å². The first-order chi connectivity index (χ1) is 6.34. The van der Waals surface area contributed by atoms with Gasteiger partial charge in [-0.3, -0.25) is 0 Å². The lowest BCUT2D eigenvalue weighted by atomic mass is 10.2. The van der Waals surface area contributed by atoms with Gasteiger partial charge in [0.1, 0.15) is 20.0 Å². The SMILES string of the molecule is Cc1cccc2c1S(=O)(=O)[N-]S2(=O)=O. The van der Waals surface area contributed by atoms with Gasteiger partial charge in [0.2, 0.25) is 0 Å². The van der Waals surface area contributed by atoms with Gasteiger partial charge in [-0.1, -0.05) is 12.1 Å².